The number of rotatable bonds is 9. The molecule has 0 spiro atoms. The maximum atomic E-state index is 14.8. The molecule has 0 N–H and O–H groups in total. The molecule has 9 heteroatoms. The van der Waals surface area contributed by atoms with Gasteiger partial charge in [0, 0.05) is 55.3 Å². The molecule has 12 aromatic rings. The van der Waals surface area contributed by atoms with Crippen molar-refractivity contribution in [1.82, 2.24) is 29.5 Å². The second-order valence-electron chi connectivity index (χ2n) is 17.7. The van der Waals surface area contributed by atoms with E-state index in [0.717, 1.165) is 72.4 Å². The van der Waals surface area contributed by atoms with E-state index in [1.54, 1.807) is 6.07 Å². The second kappa shape index (κ2) is 18.2. The van der Waals surface area contributed by atoms with Crippen molar-refractivity contribution in [2.75, 3.05) is 0 Å². The summed E-state index contributed by atoms with van der Waals surface area (Å²) in [5.74, 6) is 2.12. The lowest BCUT2D eigenvalue weighted by atomic mass is 9.90. The highest BCUT2D eigenvalue weighted by atomic mass is 19.4. The number of alkyl halides is 3. The zero-order valence-corrected chi connectivity index (χ0v) is 38.8. The fourth-order valence-corrected chi connectivity index (χ4v) is 9.50. The lowest BCUT2D eigenvalue weighted by Crippen LogP contribution is -2.06. The van der Waals surface area contributed by atoms with Gasteiger partial charge in [-0.2, -0.15) is 13.2 Å². The third-order valence-corrected chi connectivity index (χ3v) is 12.9. The van der Waals surface area contributed by atoms with Crippen LogP contribution >= 0.6 is 0 Å². The van der Waals surface area contributed by atoms with E-state index >= 15 is 0 Å². The standard InChI is InChI=1S/C63H41F3N6/c1-40-18-16-27-45(34-40)51-37-48(55-39-54(41-19-6-2-7-20-41)67-59(68-55)42-21-8-3-9-22-42)38-52(46-28-17-29-49(35-46)63(64,65)66)58(51)72-56-31-15-14-30-50(56)53-36-47(32-33-57(53)72)62-70-60(43-23-10-4-11-24-43)69-61(71-62)44-25-12-5-13-26-44/h2-39H,1H3. The molecule has 0 aliphatic carbocycles. The third-order valence-electron chi connectivity index (χ3n) is 12.9. The van der Waals surface area contributed by atoms with Crippen LogP contribution in [0.2, 0.25) is 0 Å². The zero-order chi connectivity index (χ0) is 48.8. The summed E-state index contributed by atoms with van der Waals surface area (Å²) in [7, 11) is 0. The van der Waals surface area contributed by atoms with E-state index in [9.17, 15) is 13.2 Å². The van der Waals surface area contributed by atoms with Crippen LogP contribution in [0.5, 0.6) is 0 Å². The molecule has 12 rings (SSSR count). The smallest absolute Gasteiger partial charge is 0.308 e. The molecule has 0 amide bonds. The van der Waals surface area contributed by atoms with Gasteiger partial charge in [-0.05, 0) is 72.6 Å². The van der Waals surface area contributed by atoms with Gasteiger partial charge < -0.3 is 4.57 Å². The van der Waals surface area contributed by atoms with Crippen molar-refractivity contribution in [3.63, 3.8) is 0 Å². The maximum absolute atomic E-state index is 14.8. The summed E-state index contributed by atoms with van der Waals surface area (Å²) >= 11 is 0. The highest BCUT2D eigenvalue weighted by Crippen LogP contribution is 2.46. The minimum absolute atomic E-state index is 0.394. The van der Waals surface area contributed by atoms with Crippen molar-refractivity contribution in [3.05, 3.63) is 242 Å². The van der Waals surface area contributed by atoms with Crippen LogP contribution in [-0.4, -0.2) is 29.5 Å². The van der Waals surface area contributed by atoms with E-state index in [2.05, 4.69) is 47.0 Å². The fraction of sp³-hybridized carbons (Fsp3) is 0.0317. The minimum atomic E-state index is -4.59. The second-order valence-corrected chi connectivity index (χ2v) is 17.7. The van der Waals surface area contributed by atoms with E-state index < -0.39 is 11.7 Å². The number of hydrogen-bond acceptors (Lipinski definition) is 5. The van der Waals surface area contributed by atoms with Crippen LogP contribution in [0.25, 0.3) is 118 Å². The number of fused-ring (bicyclic) bond motifs is 3. The van der Waals surface area contributed by atoms with E-state index in [1.165, 1.54) is 12.1 Å². The third kappa shape index (κ3) is 8.36. The Balaban J connectivity index is 1.15. The Morgan fingerprint density at radius 1 is 0.333 bits per heavy atom. The van der Waals surface area contributed by atoms with Crippen molar-refractivity contribution in [2.24, 2.45) is 0 Å². The Morgan fingerprint density at radius 2 is 0.792 bits per heavy atom. The fourth-order valence-electron chi connectivity index (χ4n) is 9.50. The molecule has 0 fully saturated rings. The molecule has 344 valence electrons. The van der Waals surface area contributed by atoms with Crippen molar-refractivity contribution in [1.29, 1.82) is 0 Å². The van der Waals surface area contributed by atoms with Gasteiger partial charge in [0.25, 0.3) is 0 Å². The van der Waals surface area contributed by atoms with Gasteiger partial charge in [-0.15, -0.1) is 0 Å². The van der Waals surface area contributed by atoms with Crippen LogP contribution in [-0.2, 0) is 6.18 Å². The first-order valence-electron chi connectivity index (χ1n) is 23.6. The molecule has 3 aromatic heterocycles. The number of benzene rings is 9. The molecule has 0 aliphatic heterocycles. The molecule has 72 heavy (non-hydrogen) atoms. The monoisotopic (exact) mass is 938 g/mol. The molecule has 0 saturated carbocycles. The number of aryl methyl sites for hydroxylation is 1. The van der Waals surface area contributed by atoms with E-state index in [-0.39, 0.29) is 0 Å². The van der Waals surface area contributed by atoms with E-state index in [0.29, 0.717) is 57.1 Å². The van der Waals surface area contributed by atoms with Crippen molar-refractivity contribution < 1.29 is 13.2 Å². The predicted octanol–water partition coefficient (Wildman–Crippen LogP) is 16.4. The molecule has 0 atom stereocenters. The average molecular weight is 939 g/mol. The summed E-state index contributed by atoms with van der Waals surface area (Å²) < 4.78 is 46.6. The van der Waals surface area contributed by atoms with Gasteiger partial charge in [0.05, 0.1) is 33.7 Å². The number of hydrogen-bond donors (Lipinski definition) is 0. The summed E-state index contributed by atoms with van der Waals surface area (Å²) in [6, 6.07) is 73.6. The molecule has 9 aromatic carbocycles. The molecular weight excluding hydrogens is 898 g/mol. The number of halogens is 3. The Bertz CT molecular complexity index is 3850. The highest BCUT2D eigenvalue weighted by Gasteiger charge is 2.31. The van der Waals surface area contributed by atoms with Crippen LogP contribution in [0, 0.1) is 6.92 Å². The summed E-state index contributed by atoms with van der Waals surface area (Å²) in [6.45, 7) is 2.04. The van der Waals surface area contributed by atoms with Crippen LogP contribution in [0.4, 0.5) is 13.2 Å². The van der Waals surface area contributed by atoms with Crippen molar-refractivity contribution in [3.8, 4) is 96.0 Å². The summed E-state index contributed by atoms with van der Waals surface area (Å²) in [6.07, 6.45) is -4.59. The zero-order valence-electron chi connectivity index (χ0n) is 38.8. The lowest BCUT2D eigenvalue weighted by molar-refractivity contribution is -0.137. The topological polar surface area (TPSA) is 69.4 Å². The van der Waals surface area contributed by atoms with Gasteiger partial charge in [0.15, 0.2) is 23.3 Å². The summed E-state index contributed by atoms with van der Waals surface area (Å²) in [4.78, 5) is 25.3. The molecule has 0 saturated heterocycles. The van der Waals surface area contributed by atoms with Gasteiger partial charge in [-0.3, -0.25) is 0 Å². The van der Waals surface area contributed by atoms with Crippen molar-refractivity contribution >= 4 is 21.8 Å². The normalized spacial score (nSPS) is 11.6. The summed E-state index contributed by atoms with van der Waals surface area (Å²) in [5, 5.41) is 1.86. The predicted molar refractivity (Wildman–Crippen MR) is 283 cm³/mol. The quantitative estimate of drug-likeness (QED) is 0.144. The molecule has 0 bridgehead atoms. The van der Waals surface area contributed by atoms with Gasteiger partial charge in [0.2, 0.25) is 0 Å². The Labute approximate surface area is 413 Å². The Hall–Kier alpha value is -9.34. The molecule has 3 heterocycles. The van der Waals surface area contributed by atoms with Gasteiger partial charge in [-0.25, -0.2) is 24.9 Å². The van der Waals surface area contributed by atoms with Crippen LogP contribution < -0.4 is 0 Å². The van der Waals surface area contributed by atoms with Gasteiger partial charge in [0.1, 0.15) is 0 Å². The van der Waals surface area contributed by atoms with Crippen LogP contribution in [0.1, 0.15) is 11.1 Å². The highest BCUT2D eigenvalue weighted by molar-refractivity contribution is 6.12. The van der Waals surface area contributed by atoms with Crippen LogP contribution in [0.3, 0.4) is 0 Å². The van der Waals surface area contributed by atoms with Gasteiger partial charge >= 0.3 is 6.18 Å². The molecular formula is C63H41F3N6. The first-order chi connectivity index (χ1) is 35.2. The lowest BCUT2D eigenvalue weighted by Gasteiger charge is -2.22. The van der Waals surface area contributed by atoms with Crippen molar-refractivity contribution in [2.45, 2.75) is 13.1 Å². The molecule has 6 nitrogen and oxygen atoms in total. The first kappa shape index (κ1) is 43.9. The molecule has 0 unspecified atom stereocenters. The maximum Gasteiger partial charge on any atom is 0.416 e. The molecule has 0 radical (unpaired) electrons. The van der Waals surface area contributed by atoms with Gasteiger partial charge in [-0.1, -0.05) is 181 Å². The van der Waals surface area contributed by atoms with E-state index in [4.69, 9.17) is 24.9 Å². The number of para-hydroxylation sites is 1. The SMILES string of the molecule is Cc1cccc(-c2cc(-c3cc(-c4ccccc4)nc(-c4ccccc4)n3)cc(-c3cccc(C(F)(F)F)c3)c2-n2c3ccccc3c3cc(-c4nc(-c5ccccc5)nc(-c5ccccc5)n4)ccc32)c1. The number of nitrogens with zero attached hydrogens (tertiary/aromatic N) is 6. The molecule has 0 aliphatic rings. The Kier molecular flexibility index (Phi) is 11.1. The average Bonchev–Trinajstić information content (AvgIpc) is 3.76. The largest absolute Gasteiger partial charge is 0.416 e. The minimum Gasteiger partial charge on any atom is -0.308 e. The number of aromatic nitrogens is 6. The first-order valence-corrected chi connectivity index (χ1v) is 23.6. The Morgan fingerprint density at radius 3 is 1.36 bits per heavy atom. The summed E-state index contributed by atoms with van der Waals surface area (Å²) in [5.41, 5.74) is 11.6. The van der Waals surface area contributed by atoms with Crippen LogP contribution in [0.15, 0.2) is 231 Å². The van der Waals surface area contributed by atoms with E-state index in [1.807, 2.05) is 171 Å².